The number of hydrogen-bond acceptors (Lipinski definition) is 2. The summed E-state index contributed by atoms with van der Waals surface area (Å²) in [5.74, 6) is 1.05. The van der Waals surface area contributed by atoms with Gasteiger partial charge < -0.3 is 4.90 Å². The lowest BCUT2D eigenvalue weighted by molar-refractivity contribution is -0.121. The molecule has 1 aromatic rings. The van der Waals surface area contributed by atoms with Crippen LogP contribution in [0.15, 0.2) is 30.3 Å². The third-order valence-corrected chi connectivity index (χ3v) is 3.73. The van der Waals surface area contributed by atoms with Gasteiger partial charge >= 0.3 is 0 Å². The van der Waals surface area contributed by atoms with Crippen molar-refractivity contribution in [1.29, 1.82) is 0 Å². The van der Waals surface area contributed by atoms with Crippen LogP contribution in [0.1, 0.15) is 37.3 Å². The van der Waals surface area contributed by atoms with Gasteiger partial charge in [-0.2, -0.15) is 0 Å². The minimum Gasteiger partial charge on any atom is -0.302 e. The maximum Gasteiger partial charge on any atom is 0.132 e. The summed E-state index contributed by atoms with van der Waals surface area (Å²) >= 11 is 0. The predicted molar refractivity (Wildman–Crippen MR) is 69.8 cm³/mol. The maximum atomic E-state index is 11.3. The molecule has 0 saturated heterocycles. The lowest BCUT2D eigenvalue weighted by Crippen LogP contribution is -2.30. The summed E-state index contributed by atoms with van der Waals surface area (Å²) in [6, 6.07) is 11.1. The molecule has 1 aliphatic carbocycles. The summed E-state index contributed by atoms with van der Waals surface area (Å²) in [6.45, 7) is 0. The highest BCUT2D eigenvalue weighted by Gasteiger charge is 2.28. The summed E-state index contributed by atoms with van der Waals surface area (Å²) in [5, 5.41) is 0. The van der Waals surface area contributed by atoms with Crippen LogP contribution in [0.25, 0.3) is 0 Å². The Kier molecular flexibility index (Phi) is 3.95. The normalized spacial score (nSPS) is 19.6. The van der Waals surface area contributed by atoms with E-state index in [1.807, 2.05) is 0 Å². The zero-order valence-corrected chi connectivity index (χ0v) is 10.7. The van der Waals surface area contributed by atoms with Gasteiger partial charge in [-0.1, -0.05) is 30.3 Å². The number of ketones is 1. The van der Waals surface area contributed by atoms with E-state index in [2.05, 4.69) is 49.3 Å². The average molecular weight is 231 g/mol. The smallest absolute Gasteiger partial charge is 0.132 e. The highest BCUT2D eigenvalue weighted by Crippen LogP contribution is 2.36. The van der Waals surface area contributed by atoms with E-state index in [0.717, 1.165) is 25.7 Å². The molecule has 1 saturated carbocycles. The number of hydrogen-bond donors (Lipinski definition) is 0. The lowest BCUT2D eigenvalue weighted by Gasteiger charge is -2.34. The fourth-order valence-corrected chi connectivity index (χ4v) is 2.92. The molecule has 0 aliphatic heterocycles. The molecule has 2 heteroatoms. The van der Waals surface area contributed by atoms with Crippen molar-refractivity contribution in [3.63, 3.8) is 0 Å². The van der Waals surface area contributed by atoms with Crippen molar-refractivity contribution in [2.75, 3.05) is 14.1 Å². The summed E-state index contributed by atoms with van der Waals surface area (Å²) in [7, 11) is 4.27. The van der Waals surface area contributed by atoms with Gasteiger partial charge in [0, 0.05) is 18.9 Å². The number of carbonyl (C=O) groups excluding carboxylic acids is 1. The van der Waals surface area contributed by atoms with Crippen molar-refractivity contribution in [3.05, 3.63) is 35.9 Å². The average Bonchev–Trinajstić information content (AvgIpc) is 2.33. The fraction of sp³-hybridized carbons (Fsp3) is 0.533. The minimum absolute atomic E-state index is 0.437. The molecule has 0 heterocycles. The van der Waals surface area contributed by atoms with Crippen molar-refractivity contribution < 1.29 is 4.79 Å². The van der Waals surface area contributed by atoms with Crippen LogP contribution in [-0.2, 0) is 4.79 Å². The zero-order chi connectivity index (χ0) is 12.3. The topological polar surface area (TPSA) is 20.3 Å². The van der Waals surface area contributed by atoms with Gasteiger partial charge in [-0.05, 0) is 38.4 Å². The van der Waals surface area contributed by atoms with Crippen LogP contribution in [0.2, 0.25) is 0 Å². The molecular weight excluding hydrogens is 210 g/mol. The first-order chi connectivity index (χ1) is 8.18. The molecule has 2 nitrogen and oxygen atoms in total. The number of Topliss-reactive ketones (excluding diaryl/α,β-unsaturated/α-hetero) is 1. The third kappa shape index (κ3) is 2.95. The Morgan fingerprint density at radius 1 is 1.12 bits per heavy atom. The van der Waals surface area contributed by atoms with E-state index in [-0.39, 0.29) is 0 Å². The molecule has 0 radical (unpaired) electrons. The van der Waals surface area contributed by atoms with Crippen LogP contribution in [-0.4, -0.2) is 24.8 Å². The van der Waals surface area contributed by atoms with E-state index in [1.54, 1.807) is 0 Å². The van der Waals surface area contributed by atoms with Crippen LogP contribution >= 0.6 is 0 Å². The number of rotatable bonds is 3. The number of carbonyl (C=O) groups is 1. The van der Waals surface area contributed by atoms with E-state index >= 15 is 0 Å². The molecule has 92 valence electrons. The predicted octanol–water partition coefficient (Wildman–Crippen LogP) is 3.05. The lowest BCUT2D eigenvalue weighted by atomic mass is 9.80. The quantitative estimate of drug-likeness (QED) is 0.797. The first-order valence-corrected chi connectivity index (χ1v) is 6.41. The summed E-state index contributed by atoms with van der Waals surface area (Å²) < 4.78 is 0. The van der Waals surface area contributed by atoms with Crippen molar-refractivity contribution >= 4 is 5.78 Å². The van der Waals surface area contributed by atoms with E-state index < -0.39 is 0 Å². The Hall–Kier alpha value is -1.15. The molecule has 1 atom stereocenters. The van der Waals surface area contributed by atoms with Gasteiger partial charge in [-0.15, -0.1) is 0 Å². The Labute approximate surface area is 104 Å². The second-order valence-electron chi connectivity index (χ2n) is 5.20. The molecular formula is C15H21NO. The molecule has 0 N–H and O–H groups in total. The number of benzene rings is 1. The Morgan fingerprint density at radius 3 is 2.24 bits per heavy atom. The first kappa shape index (κ1) is 12.3. The van der Waals surface area contributed by atoms with Gasteiger partial charge in [-0.3, -0.25) is 4.79 Å². The van der Waals surface area contributed by atoms with Gasteiger partial charge in [0.05, 0.1) is 0 Å². The third-order valence-electron chi connectivity index (χ3n) is 3.73. The maximum absolute atomic E-state index is 11.3. The first-order valence-electron chi connectivity index (χ1n) is 6.41. The minimum atomic E-state index is 0.437. The second kappa shape index (κ2) is 5.46. The molecule has 1 fully saturated rings. The SMILES string of the molecule is CN(C)C(c1ccccc1)C1CCC(=O)CC1. The standard InChI is InChI=1S/C15H21NO/c1-16(2)15(12-6-4-3-5-7-12)13-8-10-14(17)11-9-13/h3-7,13,15H,8-11H2,1-2H3. The Morgan fingerprint density at radius 2 is 1.71 bits per heavy atom. The molecule has 17 heavy (non-hydrogen) atoms. The number of nitrogens with zero attached hydrogens (tertiary/aromatic N) is 1. The molecule has 0 spiro atoms. The van der Waals surface area contributed by atoms with Gasteiger partial charge in [0.2, 0.25) is 0 Å². The highest BCUT2D eigenvalue weighted by molar-refractivity contribution is 5.79. The molecule has 0 amide bonds. The zero-order valence-electron chi connectivity index (χ0n) is 10.7. The van der Waals surface area contributed by atoms with Gasteiger partial charge in [-0.25, -0.2) is 0 Å². The van der Waals surface area contributed by atoms with Gasteiger partial charge in [0.1, 0.15) is 5.78 Å². The fourth-order valence-electron chi connectivity index (χ4n) is 2.92. The van der Waals surface area contributed by atoms with Crippen LogP contribution in [0.3, 0.4) is 0 Å². The van der Waals surface area contributed by atoms with E-state index in [9.17, 15) is 4.79 Å². The molecule has 1 aromatic carbocycles. The summed E-state index contributed by atoms with van der Waals surface area (Å²) in [4.78, 5) is 13.6. The van der Waals surface area contributed by atoms with Crippen LogP contribution < -0.4 is 0 Å². The second-order valence-corrected chi connectivity index (χ2v) is 5.20. The molecule has 1 aliphatic rings. The van der Waals surface area contributed by atoms with Crippen LogP contribution in [0, 0.1) is 5.92 Å². The molecule has 0 bridgehead atoms. The van der Waals surface area contributed by atoms with E-state index in [4.69, 9.17) is 0 Å². The molecule has 2 rings (SSSR count). The summed E-state index contributed by atoms with van der Waals surface area (Å²) in [6.07, 6.45) is 3.61. The van der Waals surface area contributed by atoms with E-state index in [1.165, 1.54) is 5.56 Å². The highest BCUT2D eigenvalue weighted by atomic mass is 16.1. The van der Waals surface area contributed by atoms with Crippen molar-refractivity contribution in [1.82, 2.24) is 4.90 Å². The van der Waals surface area contributed by atoms with E-state index in [0.29, 0.717) is 17.7 Å². The van der Waals surface area contributed by atoms with Crippen molar-refractivity contribution in [2.24, 2.45) is 5.92 Å². The Balaban J connectivity index is 2.15. The largest absolute Gasteiger partial charge is 0.302 e. The van der Waals surface area contributed by atoms with Crippen molar-refractivity contribution in [3.8, 4) is 0 Å². The van der Waals surface area contributed by atoms with Crippen LogP contribution in [0.4, 0.5) is 0 Å². The monoisotopic (exact) mass is 231 g/mol. The molecule has 1 unspecified atom stereocenters. The molecule has 0 aromatic heterocycles. The van der Waals surface area contributed by atoms with Crippen molar-refractivity contribution in [2.45, 2.75) is 31.7 Å². The van der Waals surface area contributed by atoms with Gasteiger partial charge in [0.25, 0.3) is 0 Å². The van der Waals surface area contributed by atoms with Crippen LogP contribution in [0.5, 0.6) is 0 Å². The van der Waals surface area contributed by atoms with Gasteiger partial charge in [0.15, 0.2) is 0 Å². The summed E-state index contributed by atoms with van der Waals surface area (Å²) in [5.41, 5.74) is 1.37. The Bertz CT molecular complexity index is 362.